The summed E-state index contributed by atoms with van der Waals surface area (Å²) in [4.78, 5) is 26.9. The number of hydroxylamine groups is 1. The molecule has 34 heavy (non-hydrogen) atoms. The van der Waals surface area contributed by atoms with Crippen LogP contribution in [-0.2, 0) is 11.2 Å². The van der Waals surface area contributed by atoms with Crippen molar-refractivity contribution in [2.24, 2.45) is 0 Å². The highest BCUT2D eigenvalue weighted by Gasteiger charge is 2.18. The summed E-state index contributed by atoms with van der Waals surface area (Å²) in [7, 11) is 0. The lowest BCUT2D eigenvalue weighted by molar-refractivity contribution is -0.129. The molecule has 0 saturated heterocycles. The fourth-order valence-electron chi connectivity index (χ4n) is 4.48. The van der Waals surface area contributed by atoms with Gasteiger partial charge in [-0.1, -0.05) is 85.3 Å². The van der Waals surface area contributed by atoms with Gasteiger partial charge in [0.1, 0.15) is 0 Å². The summed E-state index contributed by atoms with van der Waals surface area (Å²) >= 11 is 0. The molecule has 174 valence electrons. The third-order valence-electron chi connectivity index (χ3n) is 6.29. The predicted octanol–water partition coefficient (Wildman–Crippen LogP) is 5.74. The molecule has 0 fully saturated rings. The Labute approximate surface area is 200 Å². The molecule has 0 aliphatic rings. The Balaban J connectivity index is 1.52. The number of nitrogens with one attached hydrogen (secondary N) is 1. The van der Waals surface area contributed by atoms with Gasteiger partial charge < -0.3 is 4.90 Å². The van der Waals surface area contributed by atoms with E-state index >= 15 is 0 Å². The molecule has 4 rings (SSSR count). The van der Waals surface area contributed by atoms with Gasteiger partial charge >= 0.3 is 0 Å². The number of fused-ring (bicyclic) bond motifs is 2. The van der Waals surface area contributed by atoms with Gasteiger partial charge in [-0.2, -0.15) is 0 Å². The van der Waals surface area contributed by atoms with Crippen molar-refractivity contribution in [3.63, 3.8) is 0 Å². The van der Waals surface area contributed by atoms with Crippen LogP contribution >= 0.6 is 0 Å². The van der Waals surface area contributed by atoms with Crippen LogP contribution in [0.15, 0.2) is 84.9 Å². The average Bonchev–Trinajstić information content (AvgIpc) is 2.89. The maximum Gasteiger partial charge on any atom is 0.254 e. The Kier molecular flexibility index (Phi) is 7.89. The highest BCUT2D eigenvalue weighted by molar-refractivity contribution is 6.07. The van der Waals surface area contributed by atoms with Gasteiger partial charge in [0.05, 0.1) is 0 Å². The fraction of sp³-hybridized carbons (Fsp3) is 0.241. The molecule has 0 radical (unpaired) electrons. The summed E-state index contributed by atoms with van der Waals surface area (Å²) in [6.45, 7) is 1.24. The lowest BCUT2D eigenvalue weighted by atomic mass is 10.0. The molecule has 0 heterocycles. The van der Waals surface area contributed by atoms with E-state index in [1.807, 2.05) is 59.5 Å². The highest BCUT2D eigenvalue weighted by Crippen LogP contribution is 2.22. The fourth-order valence-corrected chi connectivity index (χ4v) is 4.48. The summed E-state index contributed by atoms with van der Waals surface area (Å²) in [5.41, 5.74) is 3.62. The summed E-state index contributed by atoms with van der Waals surface area (Å²) in [6.07, 6.45) is 3.33. The van der Waals surface area contributed by atoms with Crippen molar-refractivity contribution >= 4 is 33.4 Å². The van der Waals surface area contributed by atoms with Gasteiger partial charge in [-0.25, -0.2) is 5.48 Å². The highest BCUT2D eigenvalue weighted by atomic mass is 16.5. The van der Waals surface area contributed by atoms with Crippen LogP contribution in [0.4, 0.5) is 0 Å². The van der Waals surface area contributed by atoms with Crippen LogP contribution < -0.4 is 5.48 Å². The first-order valence-corrected chi connectivity index (χ1v) is 11.8. The molecule has 0 saturated carbocycles. The monoisotopic (exact) mass is 454 g/mol. The van der Waals surface area contributed by atoms with E-state index in [1.54, 1.807) is 5.48 Å². The average molecular weight is 455 g/mol. The van der Waals surface area contributed by atoms with Crippen molar-refractivity contribution in [2.75, 3.05) is 13.1 Å². The summed E-state index contributed by atoms with van der Waals surface area (Å²) in [5, 5.41) is 13.1. The molecule has 5 heteroatoms. The first-order valence-electron chi connectivity index (χ1n) is 11.8. The Morgan fingerprint density at radius 2 is 1.35 bits per heavy atom. The van der Waals surface area contributed by atoms with Crippen molar-refractivity contribution in [1.82, 2.24) is 10.4 Å². The van der Waals surface area contributed by atoms with Gasteiger partial charge in [0.15, 0.2) is 0 Å². The molecule has 0 unspecified atom stereocenters. The number of hydrogen-bond donors (Lipinski definition) is 2. The molecule has 5 nitrogen and oxygen atoms in total. The largest absolute Gasteiger partial charge is 0.338 e. The van der Waals surface area contributed by atoms with Gasteiger partial charge in [0, 0.05) is 25.1 Å². The Morgan fingerprint density at radius 1 is 0.706 bits per heavy atom. The van der Waals surface area contributed by atoms with Crippen LogP contribution in [0.2, 0.25) is 0 Å². The third kappa shape index (κ3) is 5.61. The molecule has 2 amide bonds. The van der Waals surface area contributed by atoms with Crippen molar-refractivity contribution in [3.8, 4) is 0 Å². The van der Waals surface area contributed by atoms with Crippen LogP contribution in [0.5, 0.6) is 0 Å². The number of amides is 2. The van der Waals surface area contributed by atoms with E-state index in [-0.39, 0.29) is 18.2 Å². The van der Waals surface area contributed by atoms with Crippen LogP contribution in [-0.4, -0.2) is 35.0 Å². The number of rotatable bonds is 10. The smallest absolute Gasteiger partial charge is 0.254 e. The molecule has 0 aromatic heterocycles. The lowest BCUT2D eigenvalue weighted by Crippen LogP contribution is -2.34. The number of unbranched alkanes of at least 4 members (excludes halogenated alkanes) is 2. The van der Waals surface area contributed by atoms with E-state index in [0.717, 1.165) is 35.6 Å². The number of nitrogens with zero attached hydrogens (tertiary/aromatic N) is 1. The van der Waals surface area contributed by atoms with E-state index in [0.29, 0.717) is 19.5 Å². The second-order valence-electron chi connectivity index (χ2n) is 8.55. The minimum absolute atomic E-state index is 0.0325. The van der Waals surface area contributed by atoms with Crippen molar-refractivity contribution < 1.29 is 14.8 Å². The zero-order valence-electron chi connectivity index (χ0n) is 19.2. The van der Waals surface area contributed by atoms with Crippen molar-refractivity contribution in [2.45, 2.75) is 32.1 Å². The van der Waals surface area contributed by atoms with Gasteiger partial charge in [-0.3, -0.25) is 14.8 Å². The molecule has 4 aromatic carbocycles. The maximum atomic E-state index is 13.7. The standard InChI is InChI=1S/C29H30N2O3/c32-28(30-34)18-2-1-7-20-31(21-19-24-13-8-12-22-10-3-5-15-25(22)24)29(33)27-17-9-14-23-11-4-6-16-26(23)27/h3-6,8-17,34H,1-2,7,18-21H2,(H,30,32). The molecule has 0 atom stereocenters. The summed E-state index contributed by atoms with van der Waals surface area (Å²) in [6, 6.07) is 28.5. The topological polar surface area (TPSA) is 69.6 Å². The zero-order valence-corrected chi connectivity index (χ0v) is 19.2. The van der Waals surface area contributed by atoms with Gasteiger partial charge in [-0.15, -0.1) is 0 Å². The van der Waals surface area contributed by atoms with Crippen LogP contribution in [0, 0.1) is 0 Å². The molecule has 0 bridgehead atoms. The van der Waals surface area contributed by atoms with E-state index in [2.05, 4.69) is 30.3 Å². The van der Waals surface area contributed by atoms with E-state index in [9.17, 15) is 9.59 Å². The molecule has 0 aliphatic heterocycles. The SMILES string of the molecule is O=C(CCCCCN(CCc1cccc2ccccc12)C(=O)c1cccc2ccccc12)NO. The van der Waals surface area contributed by atoms with E-state index in [4.69, 9.17) is 5.21 Å². The quantitative estimate of drug-likeness (QED) is 0.182. The molecule has 0 spiro atoms. The van der Waals surface area contributed by atoms with Gasteiger partial charge in [0.25, 0.3) is 5.91 Å². The normalized spacial score (nSPS) is 11.0. The second-order valence-corrected chi connectivity index (χ2v) is 8.55. The van der Waals surface area contributed by atoms with Crippen molar-refractivity contribution in [1.29, 1.82) is 0 Å². The van der Waals surface area contributed by atoms with Crippen LogP contribution in [0.3, 0.4) is 0 Å². The minimum Gasteiger partial charge on any atom is -0.338 e. The molecular formula is C29H30N2O3. The molecule has 2 N–H and O–H groups in total. The molecular weight excluding hydrogens is 424 g/mol. The number of carbonyl (C=O) groups excluding carboxylic acids is 2. The first kappa shape index (κ1) is 23.5. The van der Waals surface area contributed by atoms with Crippen molar-refractivity contribution in [3.05, 3.63) is 96.1 Å². The maximum absolute atomic E-state index is 13.7. The number of hydrogen-bond acceptors (Lipinski definition) is 3. The molecule has 4 aromatic rings. The Morgan fingerprint density at radius 3 is 2.12 bits per heavy atom. The van der Waals surface area contributed by atoms with E-state index in [1.165, 1.54) is 16.3 Å². The Bertz CT molecular complexity index is 1270. The van der Waals surface area contributed by atoms with E-state index < -0.39 is 0 Å². The van der Waals surface area contributed by atoms with Gasteiger partial charge in [-0.05, 0) is 52.4 Å². The minimum atomic E-state index is -0.375. The Hall–Kier alpha value is -3.70. The lowest BCUT2D eigenvalue weighted by Gasteiger charge is -2.24. The van der Waals surface area contributed by atoms with Crippen LogP contribution in [0.1, 0.15) is 41.6 Å². The summed E-state index contributed by atoms with van der Waals surface area (Å²) < 4.78 is 0. The summed E-state index contributed by atoms with van der Waals surface area (Å²) in [5.74, 6) is -0.343. The van der Waals surface area contributed by atoms with Gasteiger partial charge in [0.2, 0.25) is 5.91 Å². The number of benzene rings is 4. The second kappa shape index (κ2) is 11.4. The number of carbonyl (C=O) groups is 2. The first-order chi connectivity index (χ1) is 16.7. The third-order valence-corrected chi connectivity index (χ3v) is 6.29. The molecule has 0 aliphatic carbocycles. The predicted molar refractivity (Wildman–Crippen MR) is 136 cm³/mol. The van der Waals surface area contributed by atoms with Crippen LogP contribution in [0.25, 0.3) is 21.5 Å². The zero-order chi connectivity index (χ0) is 23.8.